The molecule has 2 rings (SSSR count). The first-order valence-corrected chi connectivity index (χ1v) is 4.34. The highest BCUT2D eigenvalue weighted by Gasteiger charge is 2.21. The summed E-state index contributed by atoms with van der Waals surface area (Å²) >= 11 is 0. The zero-order valence-electron chi connectivity index (χ0n) is 7.53. The van der Waals surface area contributed by atoms with E-state index in [9.17, 15) is 4.79 Å². The molecule has 1 atom stereocenters. The Bertz CT molecular complexity index is 327. The summed E-state index contributed by atoms with van der Waals surface area (Å²) in [6, 6.07) is 4.01. The van der Waals surface area contributed by atoms with Gasteiger partial charge in [0.2, 0.25) is 5.91 Å². The molecule has 0 saturated carbocycles. The van der Waals surface area contributed by atoms with Crippen molar-refractivity contribution in [1.82, 2.24) is 9.88 Å². The number of nitrogens with one attached hydrogen (secondary N) is 1. The number of carbonyl (C=O) groups excluding carboxylic acids is 1. The van der Waals surface area contributed by atoms with Gasteiger partial charge in [-0.3, -0.25) is 4.79 Å². The van der Waals surface area contributed by atoms with Gasteiger partial charge in [-0.15, -0.1) is 0 Å². The van der Waals surface area contributed by atoms with Gasteiger partial charge in [0.15, 0.2) is 0 Å². The van der Waals surface area contributed by atoms with Crippen LogP contribution in [0.25, 0.3) is 0 Å². The number of aromatic nitrogens is 1. The molecule has 0 fully saturated rings. The van der Waals surface area contributed by atoms with Crippen LogP contribution < -0.4 is 0 Å². The standard InChI is InChI=1S/C10H12N2O/c1-12-9(5-2-6-10(12)13)8-4-3-7-11-8/h2-5,7,9,11H,6H2,1H3. The molecule has 0 saturated heterocycles. The lowest BCUT2D eigenvalue weighted by atomic mass is 10.1. The molecular formula is C10H12N2O. The van der Waals surface area contributed by atoms with Crippen LogP contribution in [0.2, 0.25) is 0 Å². The van der Waals surface area contributed by atoms with E-state index in [0.717, 1.165) is 5.69 Å². The molecule has 13 heavy (non-hydrogen) atoms. The van der Waals surface area contributed by atoms with Gasteiger partial charge in [-0.25, -0.2) is 0 Å². The van der Waals surface area contributed by atoms with E-state index in [-0.39, 0.29) is 11.9 Å². The van der Waals surface area contributed by atoms with Gasteiger partial charge in [-0.2, -0.15) is 0 Å². The van der Waals surface area contributed by atoms with Gasteiger partial charge >= 0.3 is 0 Å². The van der Waals surface area contributed by atoms with Crippen molar-refractivity contribution in [3.8, 4) is 0 Å². The lowest BCUT2D eigenvalue weighted by Crippen LogP contribution is -2.32. The fourth-order valence-corrected chi connectivity index (χ4v) is 1.57. The predicted molar refractivity (Wildman–Crippen MR) is 50.1 cm³/mol. The summed E-state index contributed by atoms with van der Waals surface area (Å²) in [6.45, 7) is 0. The molecule has 3 heteroatoms. The zero-order valence-corrected chi connectivity index (χ0v) is 7.53. The third-order valence-corrected chi connectivity index (χ3v) is 2.36. The Morgan fingerprint density at radius 1 is 1.62 bits per heavy atom. The first-order chi connectivity index (χ1) is 6.29. The van der Waals surface area contributed by atoms with E-state index in [0.29, 0.717) is 6.42 Å². The number of rotatable bonds is 1. The van der Waals surface area contributed by atoms with E-state index in [2.05, 4.69) is 4.98 Å². The van der Waals surface area contributed by atoms with Crippen LogP contribution in [0.5, 0.6) is 0 Å². The van der Waals surface area contributed by atoms with Crippen molar-refractivity contribution in [3.05, 3.63) is 36.2 Å². The van der Waals surface area contributed by atoms with Gasteiger partial charge in [0.05, 0.1) is 6.04 Å². The highest BCUT2D eigenvalue weighted by molar-refractivity contribution is 5.79. The molecular weight excluding hydrogens is 164 g/mol. The average molecular weight is 176 g/mol. The molecule has 1 unspecified atom stereocenters. The molecule has 0 bridgehead atoms. The van der Waals surface area contributed by atoms with Gasteiger partial charge in [0.1, 0.15) is 0 Å². The number of nitrogens with zero attached hydrogens (tertiary/aromatic N) is 1. The van der Waals surface area contributed by atoms with Crippen molar-refractivity contribution >= 4 is 5.91 Å². The Hall–Kier alpha value is -1.51. The maximum absolute atomic E-state index is 11.4. The predicted octanol–water partition coefficient (Wildman–Crippen LogP) is 1.47. The summed E-state index contributed by atoms with van der Waals surface area (Å²) in [6.07, 6.45) is 6.37. The molecule has 1 aliphatic heterocycles. The Morgan fingerprint density at radius 3 is 3.15 bits per heavy atom. The summed E-state index contributed by atoms with van der Waals surface area (Å²) in [5.41, 5.74) is 1.06. The molecule has 1 N–H and O–H groups in total. The Labute approximate surface area is 77.1 Å². The number of hydrogen-bond donors (Lipinski definition) is 1. The van der Waals surface area contributed by atoms with E-state index in [1.807, 2.05) is 37.5 Å². The molecule has 3 nitrogen and oxygen atoms in total. The number of hydrogen-bond acceptors (Lipinski definition) is 1. The molecule has 1 aromatic rings. The second-order valence-electron chi connectivity index (χ2n) is 3.21. The fraction of sp³-hybridized carbons (Fsp3) is 0.300. The van der Waals surface area contributed by atoms with Crippen LogP contribution in [0.1, 0.15) is 18.2 Å². The normalized spacial score (nSPS) is 22.4. The van der Waals surface area contributed by atoms with Crippen molar-refractivity contribution in [2.45, 2.75) is 12.5 Å². The molecule has 1 aliphatic rings. The summed E-state index contributed by atoms with van der Waals surface area (Å²) in [7, 11) is 1.83. The van der Waals surface area contributed by atoms with Crippen molar-refractivity contribution in [2.75, 3.05) is 7.05 Å². The smallest absolute Gasteiger partial charge is 0.226 e. The summed E-state index contributed by atoms with van der Waals surface area (Å²) in [4.78, 5) is 16.2. The maximum atomic E-state index is 11.4. The second kappa shape index (κ2) is 3.09. The van der Waals surface area contributed by atoms with Crippen molar-refractivity contribution < 1.29 is 4.79 Å². The van der Waals surface area contributed by atoms with Crippen molar-refractivity contribution in [1.29, 1.82) is 0 Å². The first kappa shape index (κ1) is 8.10. The highest BCUT2D eigenvalue weighted by atomic mass is 16.2. The minimum absolute atomic E-state index is 0.0799. The van der Waals surface area contributed by atoms with Crippen LogP contribution in [0.4, 0.5) is 0 Å². The lowest BCUT2D eigenvalue weighted by Gasteiger charge is -2.27. The van der Waals surface area contributed by atoms with Crippen molar-refractivity contribution in [2.24, 2.45) is 0 Å². The molecule has 2 heterocycles. The fourth-order valence-electron chi connectivity index (χ4n) is 1.57. The highest BCUT2D eigenvalue weighted by Crippen LogP contribution is 2.23. The third-order valence-electron chi connectivity index (χ3n) is 2.36. The van der Waals surface area contributed by atoms with Crippen LogP contribution in [-0.4, -0.2) is 22.8 Å². The van der Waals surface area contributed by atoms with Crippen LogP contribution in [0, 0.1) is 0 Å². The molecule has 0 spiro atoms. The Morgan fingerprint density at radius 2 is 2.46 bits per heavy atom. The summed E-state index contributed by atoms with van der Waals surface area (Å²) < 4.78 is 0. The SMILES string of the molecule is CN1C(=O)CC=CC1c1ccc[nH]1. The molecule has 0 aliphatic carbocycles. The van der Waals surface area contributed by atoms with Gasteiger partial charge in [-0.05, 0) is 12.1 Å². The van der Waals surface area contributed by atoms with Crippen LogP contribution in [-0.2, 0) is 4.79 Å². The van der Waals surface area contributed by atoms with Crippen LogP contribution in [0.15, 0.2) is 30.5 Å². The maximum Gasteiger partial charge on any atom is 0.226 e. The number of carbonyl (C=O) groups is 1. The average Bonchev–Trinajstić information content (AvgIpc) is 2.62. The Balaban J connectivity index is 2.29. The number of amides is 1. The quantitative estimate of drug-likeness (QED) is 0.646. The number of aromatic amines is 1. The summed E-state index contributed by atoms with van der Waals surface area (Å²) in [5.74, 6) is 0.169. The van der Waals surface area contributed by atoms with Gasteiger partial charge < -0.3 is 9.88 Å². The zero-order chi connectivity index (χ0) is 9.26. The summed E-state index contributed by atoms with van der Waals surface area (Å²) in [5, 5.41) is 0. The minimum atomic E-state index is 0.0799. The molecule has 68 valence electrons. The van der Waals surface area contributed by atoms with Crippen molar-refractivity contribution in [3.63, 3.8) is 0 Å². The number of H-pyrrole nitrogens is 1. The molecule has 0 aromatic carbocycles. The van der Waals surface area contributed by atoms with E-state index in [4.69, 9.17) is 0 Å². The van der Waals surface area contributed by atoms with E-state index < -0.39 is 0 Å². The second-order valence-corrected chi connectivity index (χ2v) is 3.21. The molecule has 1 amide bonds. The van der Waals surface area contributed by atoms with Gasteiger partial charge in [-0.1, -0.05) is 12.2 Å². The lowest BCUT2D eigenvalue weighted by molar-refractivity contribution is -0.131. The van der Waals surface area contributed by atoms with E-state index in [1.54, 1.807) is 4.90 Å². The van der Waals surface area contributed by atoms with Crippen LogP contribution >= 0.6 is 0 Å². The van der Waals surface area contributed by atoms with E-state index >= 15 is 0 Å². The minimum Gasteiger partial charge on any atom is -0.363 e. The number of likely N-dealkylation sites (N-methyl/N-ethyl adjacent to an activating group) is 1. The third kappa shape index (κ3) is 1.37. The van der Waals surface area contributed by atoms with Gasteiger partial charge in [0, 0.05) is 25.4 Å². The van der Waals surface area contributed by atoms with Crippen LogP contribution in [0.3, 0.4) is 0 Å². The largest absolute Gasteiger partial charge is 0.363 e. The first-order valence-electron chi connectivity index (χ1n) is 4.34. The van der Waals surface area contributed by atoms with Gasteiger partial charge in [0.25, 0.3) is 0 Å². The Kier molecular flexibility index (Phi) is 1.93. The monoisotopic (exact) mass is 176 g/mol. The molecule has 0 radical (unpaired) electrons. The van der Waals surface area contributed by atoms with E-state index in [1.165, 1.54) is 0 Å². The molecule has 1 aromatic heterocycles. The topological polar surface area (TPSA) is 36.1 Å².